The monoisotopic (exact) mass is 158 g/mol. The molecular formula is C9H18O2. The number of hydrogen-bond donors (Lipinski definition) is 2. The van der Waals surface area contributed by atoms with Crippen LogP contribution in [0.3, 0.4) is 0 Å². The van der Waals surface area contributed by atoms with E-state index in [9.17, 15) is 5.11 Å². The highest BCUT2D eigenvalue weighted by Crippen LogP contribution is 2.27. The van der Waals surface area contributed by atoms with Gasteiger partial charge in [-0.25, -0.2) is 0 Å². The Morgan fingerprint density at radius 2 is 1.82 bits per heavy atom. The normalized spacial score (nSPS) is 23.5. The second kappa shape index (κ2) is 4.73. The molecule has 2 nitrogen and oxygen atoms in total. The van der Waals surface area contributed by atoms with Gasteiger partial charge in [-0.05, 0) is 25.2 Å². The van der Waals surface area contributed by atoms with Gasteiger partial charge in [0.05, 0.1) is 6.10 Å². The Hall–Kier alpha value is -0.0800. The molecule has 1 atom stereocenters. The third-order valence-electron chi connectivity index (χ3n) is 2.62. The summed E-state index contributed by atoms with van der Waals surface area (Å²) in [6.07, 6.45) is 6.45. The first kappa shape index (κ1) is 9.01. The topological polar surface area (TPSA) is 40.5 Å². The van der Waals surface area contributed by atoms with E-state index in [0.717, 1.165) is 12.8 Å². The second-order valence-electron chi connectivity index (χ2n) is 3.48. The lowest BCUT2D eigenvalue weighted by atomic mass is 9.84. The van der Waals surface area contributed by atoms with E-state index in [4.69, 9.17) is 5.11 Å². The van der Waals surface area contributed by atoms with E-state index in [0.29, 0.717) is 12.3 Å². The first-order chi connectivity index (χ1) is 5.34. The van der Waals surface area contributed by atoms with E-state index in [2.05, 4.69) is 0 Å². The Morgan fingerprint density at radius 3 is 2.36 bits per heavy atom. The molecule has 0 saturated heterocycles. The molecule has 0 heterocycles. The Morgan fingerprint density at radius 1 is 1.18 bits per heavy atom. The third kappa shape index (κ3) is 2.80. The van der Waals surface area contributed by atoms with Crippen molar-refractivity contribution < 1.29 is 10.2 Å². The zero-order chi connectivity index (χ0) is 8.10. The van der Waals surface area contributed by atoms with Crippen LogP contribution in [-0.4, -0.2) is 22.9 Å². The van der Waals surface area contributed by atoms with Gasteiger partial charge in [-0.15, -0.1) is 0 Å². The highest BCUT2D eigenvalue weighted by molar-refractivity contribution is 4.72. The summed E-state index contributed by atoms with van der Waals surface area (Å²) in [4.78, 5) is 0. The quantitative estimate of drug-likeness (QED) is 0.650. The van der Waals surface area contributed by atoms with Gasteiger partial charge in [-0.1, -0.05) is 19.3 Å². The lowest BCUT2D eigenvalue weighted by molar-refractivity contribution is 0.0607. The summed E-state index contributed by atoms with van der Waals surface area (Å²) < 4.78 is 0. The van der Waals surface area contributed by atoms with E-state index in [1.54, 1.807) is 0 Å². The predicted octanol–water partition coefficient (Wildman–Crippen LogP) is 1.31. The molecule has 0 radical (unpaired) electrons. The maximum atomic E-state index is 9.51. The summed E-state index contributed by atoms with van der Waals surface area (Å²) in [5.41, 5.74) is 0. The fraction of sp³-hybridized carbons (Fsp3) is 1.00. The van der Waals surface area contributed by atoms with Gasteiger partial charge in [0, 0.05) is 6.61 Å². The van der Waals surface area contributed by atoms with Crippen molar-refractivity contribution in [1.29, 1.82) is 0 Å². The van der Waals surface area contributed by atoms with Gasteiger partial charge < -0.3 is 10.2 Å². The van der Waals surface area contributed by atoms with Gasteiger partial charge in [0.15, 0.2) is 0 Å². The number of hydrogen-bond acceptors (Lipinski definition) is 2. The first-order valence-corrected chi connectivity index (χ1v) is 4.63. The van der Waals surface area contributed by atoms with Crippen LogP contribution >= 0.6 is 0 Å². The summed E-state index contributed by atoms with van der Waals surface area (Å²) in [5.74, 6) is 0.468. The molecule has 0 aromatic carbocycles. The van der Waals surface area contributed by atoms with Crippen molar-refractivity contribution in [3.8, 4) is 0 Å². The smallest absolute Gasteiger partial charge is 0.0590 e. The molecule has 1 fully saturated rings. The lowest BCUT2D eigenvalue weighted by Crippen LogP contribution is -2.23. The fourth-order valence-corrected chi connectivity index (χ4v) is 1.89. The molecule has 0 unspecified atom stereocenters. The molecular weight excluding hydrogens is 140 g/mol. The van der Waals surface area contributed by atoms with Crippen molar-refractivity contribution in [3.63, 3.8) is 0 Å². The first-order valence-electron chi connectivity index (χ1n) is 4.63. The molecule has 0 spiro atoms. The summed E-state index contributed by atoms with van der Waals surface area (Å²) >= 11 is 0. The molecule has 1 saturated carbocycles. The van der Waals surface area contributed by atoms with Gasteiger partial charge in [-0.3, -0.25) is 0 Å². The fourth-order valence-electron chi connectivity index (χ4n) is 1.89. The minimum absolute atomic E-state index is 0.123. The average molecular weight is 158 g/mol. The summed E-state index contributed by atoms with van der Waals surface area (Å²) in [6.45, 7) is 0.123. The molecule has 1 rings (SSSR count). The number of aliphatic hydroxyl groups excluding tert-OH is 2. The van der Waals surface area contributed by atoms with E-state index in [-0.39, 0.29) is 12.7 Å². The highest BCUT2D eigenvalue weighted by Gasteiger charge is 2.20. The predicted molar refractivity (Wildman–Crippen MR) is 44.3 cm³/mol. The van der Waals surface area contributed by atoms with Crippen molar-refractivity contribution in [2.24, 2.45) is 5.92 Å². The Kier molecular flexibility index (Phi) is 3.87. The molecule has 66 valence electrons. The van der Waals surface area contributed by atoms with Crippen LogP contribution < -0.4 is 0 Å². The van der Waals surface area contributed by atoms with Crippen molar-refractivity contribution in [3.05, 3.63) is 0 Å². The van der Waals surface area contributed by atoms with Crippen LogP contribution in [0.15, 0.2) is 0 Å². The molecule has 1 aliphatic carbocycles. The van der Waals surface area contributed by atoms with Gasteiger partial charge in [-0.2, -0.15) is 0 Å². The van der Waals surface area contributed by atoms with Crippen molar-refractivity contribution in [1.82, 2.24) is 0 Å². The lowest BCUT2D eigenvalue weighted by Gasteiger charge is -2.25. The standard InChI is InChI=1S/C9H18O2/c10-7-6-9(11)8-4-2-1-3-5-8/h8-11H,1-7H2/t9-/m1/s1. The molecule has 11 heavy (non-hydrogen) atoms. The highest BCUT2D eigenvalue weighted by atomic mass is 16.3. The molecule has 0 aromatic rings. The minimum Gasteiger partial charge on any atom is -0.396 e. The Bertz CT molecular complexity index is 97.7. The SMILES string of the molecule is OCC[C@@H](O)C1CCCCC1. The van der Waals surface area contributed by atoms with Gasteiger partial charge in [0.25, 0.3) is 0 Å². The largest absolute Gasteiger partial charge is 0.396 e. The van der Waals surface area contributed by atoms with Crippen molar-refractivity contribution >= 4 is 0 Å². The van der Waals surface area contributed by atoms with Gasteiger partial charge in [0.2, 0.25) is 0 Å². The molecule has 0 amide bonds. The zero-order valence-electron chi connectivity index (χ0n) is 7.00. The maximum absolute atomic E-state index is 9.51. The summed E-state index contributed by atoms with van der Waals surface area (Å²) in [5, 5.41) is 18.1. The van der Waals surface area contributed by atoms with Crippen molar-refractivity contribution in [2.75, 3.05) is 6.61 Å². The number of aliphatic hydroxyl groups is 2. The van der Waals surface area contributed by atoms with E-state index in [1.165, 1.54) is 19.3 Å². The van der Waals surface area contributed by atoms with Gasteiger partial charge >= 0.3 is 0 Å². The minimum atomic E-state index is -0.250. The van der Waals surface area contributed by atoms with Crippen LogP contribution in [-0.2, 0) is 0 Å². The molecule has 0 bridgehead atoms. The van der Waals surface area contributed by atoms with Crippen LogP contribution in [0.4, 0.5) is 0 Å². The van der Waals surface area contributed by atoms with Crippen molar-refractivity contribution in [2.45, 2.75) is 44.6 Å². The van der Waals surface area contributed by atoms with Crippen LogP contribution in [0, 0.1) is 5.92 Å². The maximum Gasteiger partial charge on any atom is 0.0590 e. The molecule has 0 aromatic heterocycles. The van der Waals surface area contributed by atoms with E-state index >= 15 is 0 Å². The average Bonchev–Trinajstić information content (AvgIpc) is 2.07. The molecule has 1 aliphatic rings. The van der Waals surface area contributed by atoms with E-state index < -0.39 is 0 Å². The number of rotatable bonds is 3. The van der Waals surface area contributed by atoms with Crippen LogP contribution in [0.25, 0.3) is 0 Å². The Labute approximate surface area is 68.2 Å². The zero-order valence-corrected chi connectivity index (χ0v) is 7.00. The molecule has 2 N–H and O–H groups in total. The van der Waals surface area contributed by atoms with E-state index in [1.807, 2.05) is 0 Å². The molecule has 0 aliphatic heterocycles. The summed E-state index contributed by atoms with van der Waals surface area (Å²) in [7, 11) is 0. The van der Waals surface area contributed by atoms with Crippen LogP contribution in [0.5, 0.6) is 0 Å². The van der Waals surface area contributed by atoms with Crippen LogP contribution in [0.2, 0.25) is 0 Å². The summed E-state index contributed by atoms with van der Waals surface area (Å²) in [6, 6.07) is 0. The second-order valence-corrected chi connectivity index (χ2v) is 3.48. The molecule has 2 heteroatoms. The third-order valence-corrected chi connectivity index (χ3v) is 2.62. The van der Waals surface area contributed by atoms with Crippen LogP contribution in [0.1, 0.15) is 38.5 Å². The Balaban J connectivity index is 2.21. The van der Waals surface area contributed by atoms with Gasteiger partial charge in [0.1, 0.15) is 0 Å².